The number of carbonyl (C=O) groups is 1. The van der Waals surface area contributed by atoms with E-state index < -0.39 is 0 Å². The molecule has 1 aliphatic heterocycles. The zero-order valence-electron chi connectivity index (χ0n) is 12.0. The molecular formula is C17H20N2O2. The number of aliphatic hydroxyl groups excluding tert-OH is 1. The first-order valence-corrected chi connectivity index (χ1v) is 7.42. The van der Waals surface area contributed by atoms with Gasteiger partial charge in [0.2, 0.25) is 0 Å². The molecule has 4 nitrogen and oxygen atoms in total. The minimum atomic E-state index is -0.0540. The molecule has 0 spiro atoms. The third-order valence-corrected chi connectivity index (χ3v) is 4.16. The lowest BCUT2D eigenvalue weighted by Crippen LogP contribution is -2.41. The van der Waals surface area contributed by atoms with Crippen LogP contribution < -0.4 is 5.32 Å². The summed E-state index contributed by atoms with van der Waals surface area (Å²) in [5, 5.41) is 14.4. The molecule has 2 N–H and O–H groups in total. The SMILES string of the molecule is O=C(Nc1ccc2ccccc2c1)N1CCC(CO)CC1. The number of urea groups is 1. The summed E-state index contributed by atoms with van der Waals surface area (Å²) >= 11 is 0. The van der Waals surface area contributed by atoms with Gasteiger partial charge >= 0.3 is 6.03 Å². The summed E-state index contributed by atoms with van der Waals surface area (Å²) in [5.41, 5.74) is 0.822. The molecule has 3 rings (SSSR count). The molecule has 0 unspecified atom stereocenters. The molecular weight excluding hydrogens is 264 g/mol. The van der Waals surface area contributed by atoms with E-state index in [1.54, 1.807) is 0 Å². The number of nitrogens with zero attached hydrogens (tertiary/aromatic N) is 1. The number of piperidine rings is 1. The van der Waals surface area contributed by atoms with Crippen LogP contribution in [0.5, 0.6) is 0 Å². The predicted molar refractivity (Wildman–Crippen MR) is 84.3 cm³/mol. The molecule has 2 aromatic rings. The first-order chi connectivity index (χ1) is 10.3. The Labute approximate surface area is 124 Å². The van der Waals surface area contributed by atoms with E-state index in [4.69, 9.17) is 5.11 Å². The van der Waals surface area contributed by atoms with Crippen LogP contribution in [0.2, 0.25) is 0 Å². The maximum Gasteiger partial charge on any atom is 0.321 e. The minimum Gasteiger partial charge on any atom is -0.396 e. The second kappa shape index (κ2) is 6.14. The number of nitrogens with one attached hydrogen (secondary N) is 1. The number of amides is 2. The Morgan fingerprint density at radius 1 is 1.14 bits per heavy atom. The van der Waals surface area contributed by atoms with Crippen LogP contribution in [-0.2, 0) is 0 Å². The van der Waals surface area contributed by atoms with Gasteiger partial charge in [0, 0.05) is 25.4 Å². The van der Waals surface area contributed by atoms with Gasteiger partial charge in [-0.2, -0.15) is 0 Å². The van der Waals surface area contributed by atoms with Crippen LogP contribution in [0.3, 0.4) is 0 Å². The van der Waals surface area contributed by atoms with Crippen molar-refractivity contribution in [1.29, 1.82) is 0 Å². The van der Waals surface area contributed by atoms with Gasteiger partial charge in [-0.05, 0) is 41.7 Å². The van der Waals surface area contributed by atoms with Crippen molar-refractivity contribution >= 4 is 22.5 Å². The number of hydrogen-bond acceptors (Lipinski definition) is 2. The number of benzene rings is 2. The Morgan fingerprint density at radius 3 is 2.57 bits per heavy atom. The Kier molecular flexibility index (Phi) is 4.06. The average Bonchev–Trinajstić information content (AvgIpc) is 2.55. The molecule has 1 fully saturated rings. The molecule has 0 radical (unpaired) electrons. The molecule has 4 heteroatoms. The third-order valence-electron chi connectivity index (χ3n) is 4.16. The highest BCUT2D eigenvalue weighted by Gasteiger charge is 2.22. The molecule has 0 aromatic heterocycles. The van der Waals surface area contributed by atoms with E-state index in [0.29, 0.717) is 19.0 Å². The van der Waals surface area contributed by atoms with Gasteiger partial charge in [-0.25, -0.2) is 4.79 Å². The summed E-state index contributed by atoms with van der Waals surface area (Å²) in [6.45, 7) is 1.65. The van der Waals surface area contributed by atoms with Gasteiger partial charge in [0.05, 0.1) is 0 Å². The van der Waals surface area contributed by atoms with E-state index in [2.05, 4.69) is 11.4 Å². The zero-order chi connectivity index (χ0) is 14.7. The van der Waals surface area contributed by atoms with Gasteiger partial charge in [-0.15, -0.1) is 0 Å². The monoisotopic (exact) mass is 284 g/mol. The Bertz CT molecular complexity index is 633. The summed E-state index contributed by atoms with van der Waals surface area (Å²) in [5.74, 6) is 0.342. The van der Waals surface area contributed by atoms with Crippen molar-refractivity contribution < 1.29 is 9.90 Å². The molecule has 1 saturated heterocycles. The van der Waals surface area contributed by atoms with Crippen molar-refractivity contribution in [1.82, 2.24) is 4.90 Å². The first-order valence-electron chi connectivity index (χ1n) is 7.42. The van der Waals surface area contributed by atoms with Gasteiger partial charge in [-0.3, -0.25) is 0 Å². The van der Waals surface area contributed by atoms with Gasteiger partial charge in [0.25, 0.3) is 0 Å². The molecule has 0 saturated carbocycles. The standard InChI is InChI=1S/C17H20N2O2/c20-12-13-7-9-19(10-8-13)17(21)18-16-6-5-14-3-1-2-4-15(14)11-16/h1-6,11,13,20H,7-10,12H2,(H,18,21). The summed E-state index contributed by atoms with van der Waals surface area (Å²) < 4.78 is 0. The molecule has 2 amide bonds. The number of carbonyl (C=O) groups excluding carboxylic acids is 1. The summed E-state index contributed by atoms with van der Waals surface area (Å²) in [7, 11) is 0. The molecule has 0 atom stereocenters. The molecule has 21 heavy (non-hydrogen) atoms. The number of likely N-dealkylation sites (tertiary alicyclic amines) is 1. The maximum absolute atomic E-state index is 12.3. The van der Waals surface area contributed by atoms with Gasteiger partial charge in [-0.1, -0.05) is 30.3 Å². The van der Waals surface area contributed by atoms with Crippen molar-refractivity contribution in [2.75, 3.05) is 25.0 Å². The number of anilines is 1. The van der Waals surface area contributed by atoms with Crippen LogP contribution in [0.1, 0.15) is 12.8 Å². The molecule has 0 bridgehead atoms. The highest BCUT2D eigenvalue weighted by Crippen LogP contribution is 2.21. The van der Waals surface area contributed by atoms with Crippen molar-refractivity contribution in [3.05, 3.63) is 42.5 Å². The average molecular weight is 284 g/mol. The Balaban J connectivity index is 1.66. The topological polar surface area (TPSA) is 52.6 Å². The van der Waals surface area contributed by atoms with Crippen LogP contribution >= 0.6 is 0 Å². The molecule has 2 aromatic carbocycles. The van der Waals surface area contributed by atoms with Gasteiger partial charge in [0.15, 0.2) is 0 Å². The second-order valence-electron chi connectivity index (χ2n) is 5.61. The summed E-state index contributed by atoms with van der Waals surface area (Å²) in [6, 6.07) is 14.0. The zero-order valence-corrected chi connectivity index (χ0v) is 12.0. The lowest BCUT2D eigenvalue weighted by molar-refractivity contribution is 0.143. The number of aliphatic hydroxyl groups is 1. The second-order valence-corrected chi connectivity index (χ2v) is 5.61. The highest BCUT2D eigenvalue weighted by molar-refractivity contribution is 5.93. The summed E-state index contributed by atoms with van der Waals surface area (Å²) in [6.07, 6.45) is 1.75. The van der Waals surface area contributed by atoms with Gasteiger partial charge < -0.3 is 15.3 Å². The quantitative estimate of drug-likeness (QED) is 0.890. The van der Waals surface area contributed by atoms with E-state index in [0.717, 1.165) is 23.9 Å². The fraction of sp³-hybridized carbons (Fsp3) is 0.353. The van der Waals surface area contributed by atoms with E-state index in [1.807, 2.05) is 41.3 Å². The van der Waals surface area contributed by atoms with Crippen LogP contribution in [0.15, 0.2) is 42.5 Å². The van der Waals surface area contributed by atoms with E-state index in [-0.39, 0.29) is 12.6 Å². The van der Waals surface area contributed by atoms with Crippen molar-refractivity contribution in [3.8, 4) is 0 Å². The number of hydrogen-bond donors (Lipinski definition) is 2. The molecule has 110 valence electrons. The Hall–Kier alpha value is -2.07. The normalized spacial score (nSPS) is 16.1. The first kappa shape index (κ1) is 13.9. The third kappa shape index (κ3) is 3.16. The van der Waals surface area contributed by atoms with Crippen molar-refractivity contribution in [3.63, 3.8) is 0 Å². The molecule has 0 aliphatic carbocycles. The largest absolute Gasteiger partial charge is 0.396 e. The van der Waals surface area contributed by atoms with E-state index >= 15 is 0 Å². The lowest BCUT2D eigenvalue weighted by Gasteiger charge is -2.31. The molecule has 1 aliphatic rings. The lowest BCUT2D eigenvalue weighted by atomic mass is 9.98. The predicted octanol–water partition coefficient (Wildman–Crippen LogP) is 3.08. The number of rotatable bonds is 2. The maximum atomic E-state index is 12.3. The van der Waals surface area contributed by atoms with Crippen LogP contribution in [-0.4, -0.2) is 35.7 Å². The fourth-order valence-corrected chi connectivity index (χ4v) is 2.79. The van der Waals surface area contributed by atoms with Crippen LogP contribution in [0.4, 0.5) is 10.5 Å². The Morgan fingerprint density at radius 2 is 1.86 bits per heavy atom. The summed E-state index contributed by atoms with van der Waals surface area (Å²) in [4.78, 5) is 14.1. The minimum absolute atomic E-state index is 0.0540. The van der Waals surface area contributed by atoms with Gasteiger partial charge in [0.1, 0.15) is 0 Å². The van der Waals surface area contributed by atoms with Crippen LogP contribution in [0, 0.1) is 5.92 Å². The highest BCUT2D eigenvalue weighted by atomic mass is 16.3. The molecule has 1 heterocycles. The fourth-order valence-electron chi connectivity index (χ4n) is 2.79. The van der Waals surface area contributed by atoms with E-state index in [9.17, 15) is 4.79 Å². The van der Waals surface area contributed by atoms with E-state index in [1.165, 1.54) is 5.39 Å². The van der Waals surface area contributed by atoms with Crippen molar-refractivity contribution in [2.24, 2.45) is 5.92 Å². The van der Waals surface area contributed by atoms with Crippen LogP contribution in [0.25, 0.3) is 10.8 Å². The van der Waals surface area contributed by atoms with Crippen molar-refractivity contribution in [2.45, 2.75) is 12.8 Å². The number of fused-ring (bicyclic) bond motifs is 1. The smallest absolute Gasteiger partial charge is 0.321 e.